The second-order valence-corrected chi connectivity index (χ2v) is 6.63. The average Bonchev–Trinajstić information content (AvgIpc) is 2.26. The molecule has 0 saturated heterocycles. The first kappa shape index (κ1) is 15.4. The molecule has 0 fully saturated rings. The van der Waals surface area contributed by atoms with Crippen LogP contribution in [-0.4, -0.2) is 21.6 Å². The molecule has 1 heterocycles. The lowest BCUT2D eigenvalue weighted by molar-refractivity contribution is 0.357. The third-order valence-corrected chi connectivity index (χ3v) is 3.56. The van der Waals surface area contributed by atoms with E-state index in [0.717, 1.165) is 12.2 Å². The van der Waals surface area contributed by atoms with Crippen LogP contribution in [0.3, 0.4) is 0 Å². The number of hydrogen-bond donors (Lipinski definition) is 1. The van der Waals surface area contributed by atoms with Crippen molar-refractivity contribution in [2.75, 3.05) is 6.54 Å². The van der Waals surface area contributed by atoms with Crippen LogP contribution in [0.2, 0.25) is 0 Å². The highest BCUT2D eigenvalue weighted by Crippen LogP contribution is 2.08. The Labute approximate surface area is 117 Å². The first-order valence-corrected chi connectivity index (χ1v) is 6.96. The molecule has 5 heteroatoms. The number of nitrogens with zero attached hydrogens (tertiary/aromatic N) is 2. The van der Waals surface area contributed by atoms with E-state index >= 15 is 0 Å². The lowest BCUT2D eigenvalue weighted by Gasteiger charge is -2.23. The van der Waals surface area contributed by atoms with E-state index in [1.54, 1.807) is 10.9 Å². The Balaban J connectivity index is 2.68. The molecule has 4 nitrogen and oxygen atoms in total. The predicted molar refractivity (Wildman–Crippen MR) is 77.9 cm³/mol. The fraction of sp³-hybridized carbons (Fsp3) is 0.692. The van der Waals surface area contributed by atoms with Crippen LogP contribution in [-0.2, 0) is 6.54 Å². The van der Waals surface area contributed by atoms with Crippen LogP contribution in [0.15, 0.2) is 15.6 Å². The molecule has 1 rings (SSSR count). The monoisotopic (exact) mass is 315 g/mol. The van der Waals surface area contributed by atoms with Crippen LogP contribution in [0, 0.1) is 12.8 Å². The highest BCUT2D eigenvalue weighted by atomic mass is 79.9. The smallest absolute Gasteiger partial charge is 0.267 e. The van der Waals surface area contributed by atoms with Gasteiger partial charge in [-0.1, -0.05) is 6.92 Å². The minimum Gasteiger partial charge on any atom is -0.312 e. The maximum atomic E-state index is 12.0. The van der Waals surface area contributed by atoms with Gasteiger partial charge in [-0.3, -0.25) is 9.36 Å². The number of halogens is 1. The van der Waals surface area contributed by atoms with E-state index < -0.39 is 0 Å². The Kier molecular flexibility index (Phi) is 5.10. The van der Waals surface area contributed by atoms with E-state index in [1.165, 1.54) is 0 Å². The van der Waals surface area contributed by atoms with Crippen LogP contribution >= 0.6 is 15.9 Å². The second-order valence-electron chi connectivity index (χ2n) is 5.84. The van der Waals surface area contributed by atoms with E-state index in [1.807, 2.05) is 6.92 Å². The summed E-state index contributed by atoms with van der Waals surface area (Å²) in [5.41, 5.74) is 0.826. The summed E-state index contributed by atoms with van der Waals surface area (Å²) in [6.45, 7) is 11.9. The third kappa shape index (κ3) is 4.53. The first-order valence-electron chi connectivity index (χ1n) is 6.17. The van der Waals surface area contributed by atoms with Crippen molar-refractivity contribution in [3.63, 3.8) is 0 Å². The molecule has 0 amide bonds. The third-order valence-electron chi connectivity index (χ3n) is 2.65. The first-order chi connectivity index (χ1) is 8.20. The summed E-state index contributed by atoms with van der Waals surface area (Å²) in [5.74, 6) is 0.373. The Morgan fingerprint density at radius 2 is 2.11 bits per heavy atom. The van der Waals surface area contributed by atoms with Crippen molar-refractivity contribution < 1.29 is 0 Å². The average molecular weight is 316 g/mol. The van der Waals surface area contributed by atoms with E-state index in [4.69, 9.17) is 0 Å². The molecule has 0 aliphatic rings. The molecule has 0 aliphatic carbocycles. The molecule has 18 heavy (non-hydrogen) atoms. The number of hydrogen-bond acceptors (Lipinski definition) is 3. The van der Waals surface area contributed by atoms with E-state index in [9.17, 15) is 4.79 Å². The minimum absolute atomic E-state index is 0.00916. The molecule has 0 saturated carbocycles. The molecule has 1 atom stereocenters. The van der Waals surface area contributed by atoms with Gasteiger partial charge in [0.1, 0.15) is 4.47 Å². The topological polar surface area (TPSA) is 46.9 Å². The van der Waals surface area contributed by atoms with Gasteiger partial charge >= 0.3 is 0 Å². The largest absolute Gasteiger partial charge is 0.312 e. The number of aromatic nitrogens is 2. The van der Waals surface area contributed by atoms with E-state index in [-0.39, 0.29) is 11.1 Å². The van der Waals surface area contributed by atoms with E-state index in [2.05, 4.69) is 53.9 Å². The lowest BCUT2D eigenvalue weighted by atomic mass is 10.1. The molecular weight excluding hydrogens is 294 g/mol. The summed E-state index contributed by atoms with van der Waals surface area (Å²) < 4.78 is 2.22. The zero-order chi connectivity index (χ0) is 13.9. The molecule has 1 N–H and O–H groups in total. The van der Waals surface area contributed by atoms with Crippen molar-refractivity contribution in [3.05, 3.63) is 26.8 Å². The summed E-state index contributed by atoms with van der Waals surface area (Å²) in [4.78, 5) is 16.2. The Morgan fingerprint density at radius 3 is 2.67 bits per heavy atom. The van der Waals surface area contributed by atoms with Crippen molar-refractivity contribution in [2.45, 2.75) is 46.7 Å². The number of nitrogens with one attached hydrogen (secondary N) is 1. The van der Waals surface area contributed by atoms with Crippen molar-refractivity contribution in [2.24, 2.45) is 5.92 Å². The van der Waals surface area contributed by atoms with Crippen LogP contribution in [0.5, 0.6) is 0 Å². The summed E-state index contributed by atoms with van der Waals surface area (Å²) in [5, 5.41) is 3.44. The highest BCUT2D eigenvalue weighted by molar-refractivity contribution is 9.10. The number of rotatable bonds is 4. The van der Waals surface area contributed by atoms with Gasteiger partial charge in [0.25, 0.3) is 5.56 Å². The van der Waals surface area contributed by atoms with Gasteiger partial charge in [-0.15, -0.1) is 0 Å². The van der Waals surface area contributed by atoms with Gasteiger partial charge in [0.05, 0.1) is 12.0 Å². The van der Waals surface area contributed by atoms with Gasteiger partial charge in [-0.2, -0.15) is 0 Å². The molecule has 1 aromatic heterocycles. The Morgan fingerprint density at radius 1 is 1.50 bits per heavy atom. The maximum absolute atomic E-state index is 12.0. The van der Waals surface area contributed by atoms with Gasteiger partial charge in [-0.25, -0.2) is 4.98 Å². The minimum atomic E-state index is -0.00916. The number of aryl methyl sites for hydroxylation is 1. The summed E-state index contributed by atoms with van der Waals surface area (Å²) in [6, 6.07) is 0. The molecule has 0 aliphatic heterocycles. The normalized spacial score (nSPS) is 13.7. The Bertz CT molecular complexity index is 462. The highest BCUT2D eigenvalue weighted by Gasteiger charge is 2.13. The molecular formula is C13H22BrN3O. The second kappa shape index (κ2) is 5.97. The zero-order valence-corrected chi connectivity index (χ0v) is 13.3. The fourth-order valence-corrected chi connectivity index (χ4v) is 1.89. The van der Waals surface area contributed by atoms with Crippen molar-refractivity contribution in [1.29, 1.82) is 0 Å². The molecule has 1 unspecified atom stereocenters. The molecule has 0 spiro atoms. The molecule has 1 aromatic rings. The van der Waals surface area contributed by atoms with Gasteiger partial charge in [0, 0.05) is 12.1 Å². The van der Waals surface area contributed by atoms with Gasteiger partial charge in [0.15, 0.2) is 0 Å². The molecule has 0 aromatic carbocycles. The fourth-order valence-electron chi connectivity index (χ4n) is 1.56. The van der Waals surface area contributed by atoms with Gasteiger partial charge in [-0.05, 0) is 56.1 Å². The quantitative estimate of drug-likeness (QED) is 0.927. The Hall–Kier alpha value is -0.680. The standard InChI is InChI=1S/C13H22BrN3O/c1-9(6-16-13(3,4)5)7-17-8-15-10(2)11(14)12(17)18/h8-9,16H,6-7H2,1-5H3. The van der Waals surface area contributed by atoms with Crippen LogP contribution in [0.1, 0.15) is 33.4 Å². The van der Waals surface area contributed by atoms with E-state index in [0.29, 0.717) is 16.9 Å². The van der Waals surface area contributed by atoms with Crippen molar-refractivity contribution >= 4 is 15.9 Å². The molecule has 0 radical (unpaired) electrons. The van der Waals surface area contributed by atoms with Crippen molar-refractivity contribution in [3.8, 4) is 0 Å². The van der Waals surface area contributed by atoms with Crippen LogP contribution in [0.25, 0.3) is 0 Å². The zero-order valence-electron chi connectivity index (χ0n) is 11.7. The van der Waals surface area contributed by atoms with Crippen LogP contribution in [0.4, 0.5) is 0 Å². The predicted octanol–water partition coefficient (Wildman–Crippen LogP) is 2.34. The lowest BCUT2D eigenvalue weighted by Crippen LogP contribution is -2.40. The molecule has 0 bridgehead atoms. The summed E-state index contributed by atoms with van der Waals surface area (Å²) in [6.07, 6.45) is 1.62. The molecule has 102 valence electrons. The van der Waals surface area contributed by atoms with Gasteiger partial charge in [0.2, 0.25) is 0 Å². The van der Waals surface area contributed by atoms with Crippen molar-refractivity contribution in [1.82, 2.24) is 14.9 Å². The summed E-state index contributed by atoms with van der Waals surface area (Å²) >= 11 is 3.28. The summed E-state index contributed by atoms with van der Waals surface area (Å²) in [7, 11) is 0. The SMILES string of the molecule is Cc1ncn(CC(C)CNC(C)(C)C)c(=O)c1Br. The maximum Gasteiger partial charge on any atom is 0.267 e. The van der Waals surface area contributed by atoms with Gasteiger partial charge < -0.3 is 5.32 Å². The van der Waals surface area contributed by atoms with Crippen LogP contribution < -0.4 is 10.9 Å².